The summed E-state index contributed by atoms with van der Waals surface area (Å²) < 4.78 is 37.2. The topological polar surface area (TPSA) is 64.6 Å². The van der Waals surface area contributed by atoms with Crippen molar-refractivity contribution >= 4 is 10.0 Å². The van der Waals surface area contributed by atoms with Gasteiger partial charge >= 0.3 is 0 Å². The van der Waals surface area contributed by atoms with Gasteiger partial charge in [0.2, 0.25) is 10.0 Å². The Morgan fingerprint density at radius 2 is 1.85 bits per heavy atom. The molecule has 0 heterocycles. The molecule has 114 valence electrons. The fraction of sp³-hybridized carbons (Fsp3) is 0.571. The van der Waals surface area contributed by atoms with Crippen molar-refractivity contribution in [2.24, 2.45) is 0 Å². The second-order valence-electron chi connectivity index (χ2n) is 4.58. The predicted octanol–water partition coefficient (Wildman–Crippen LogP) is 2.18. The lowest BCUT2D eigenvalue weighted by molar-refractivity contribution is 0.0778. The second-order valence-corrected chi connectivity index (χ2v) is 6.34. The van der Waals surface area contributed by atoms with E-state index in [0.29, 0.717) is 31.9 Å². The molecule has 1 aromatic rings. The summed E-state index contributed by atoms with van der Waals surface area (Å²) in [6, 6.07) is 6.38. The Hall–Kier alpha value is -1.11. The average molecular weight is 301 g/mol. The third-order valence-corrected chi connectivity index (χ3v) is 3.99. The summed E-state index contributed by atoms with van der Waals surface area (Å²) in [7, 11) is -3.45. The number of benzene rings is 1. The van der Waals surface area contributed by atoms with Crippen molar-refractivity contribution in [3.05, 3.63) is 24.3 Å². The highest BCUT2D eigenvalue weighted by molar-refractivity contribution is 7.89. The Bertz CT molecular complexity index is 482. The van der Waals surface area contributed by atoms with Gasteiger partial charge in [-0.25, -0.2) is 13.1 Å². The van der Waals surface area contributed by atoms with Crippen molar-refractivity contribution in [3.63, 3.8) is 0 Å². The molecule has 20 heavy (non-hydrogen) atoms. The van der Waals surface area contributed by atoms with E-state index >= 15 is 0 Å². The molecule has 0 aliphatic rings. The van der Waals surface area contributed by atoms with Crippen molar-refractivity contribution in [3.8, 4) is 5.75 Å². The van der Waals surface area contributed by atoms with E-state index in [4.69, 9.17) is 9.47 Å². The predicted molar refractivity (Wildman–Crippen MR) is 78.5 cm³/mol. The number of ether oxygens (including phenoxy) is 2. The van der Waals surface area contributed by atoms with E-state index < -0.39 is 10.0 Å². The van der Waals surface area contributed by atoms with Gasteiger partial charge in [0.1, 0.15) is 5.75 Å². The minimum atomic E-state index is -3.45. The van der Waals surface area contributed by atoms with Crippen LogP contribution in [0.25, 0.3) is 0 Å². The maximum Gasteiger partial charge on any atom is 0.240 e. The van der Waals surface area contributed by atoms with Gasteiger partial charge in [0.25, 0.3) is 0 Å². The first-order valence-electron chi connectivity index (χ1n) is 6.80. The summed E-state index contributed by atoms with van der Waals surface area (Å²) in [6.07, 6.45) is 0.812. The zero-order valence-corrected chi connectivity index (χ0v) is 13.1. The van der Waals surface area contributed by atoms with Crippen LogP contribution in [-0.4, -0.2) is 34.3 Å². The lowest BCUT2D eigenvalue weighted by Crippen LogP contribution is -2.25. The van der Waals surface area contributed by atoms with Crippen LogP contribution in [0.4, 0.5) is 0 Å². The Morgan fingerprint density at radius 3 is 2.40 bits per heavy atom. The summed E-state index contributed by atoms with van der Waals surface area (Å²) in [5.41, 5.74) is 0. The Labute approximate surface area is 121 Å². The molecule has 1 rings (SSSR count). The lowest BCUT2D eigenvalue weighted by atomic mass is 10.3. The molecular weight excluding hydrogens is 278 g/mol. The molecule has 1 N–H and O–H groups in total. The van der Waals surface area contributed by atoms with Crippen LogP contribution in [0, 0.1) is 0 Å². The molecule has 0 unspecified atom stereocenters. The van der Waals surface area contributed by atoms with Gasteiger partial charge in [-0.1, -0.05) is 0 Å². The van der Waals surface area contributed by atoms with E-state index in [1.54, 1.807) is 12.1 Å². The van der Waals surface area contributed by atoms with Crippen LogP contribution < -0.4 is 9.46 Å². The van der Waals surface area contributed by atoms with Crippen molar-refractivity contribution in [2.75, 3.05) is 19.8 Å². The third kappa shape index (κ3) is 5.90. The largest absolute Gasteiger partial charge is 0.494 e. The van der Waals surface area contributed by atoms with Crippen LogP contribution in [-0.2, 0) is 14.8 Å². The van der Waals surface area contributed by atoms with Gasteiger partial charge in [-0.3, -0.25) is 0 Å². The van der Waals surface area contributed by atoms with Crippen molar-refractivity contribution < 1.29 is 17.9 Å². The van der Waals surface area contributed by atoms with Crippen molar-refractivity contribution in [1.82, 2.24) is 4.72 Å². The molecule has 0 aliphatic carbocycles. The molecule has 0 bridgehead atoms. The molecule has 0 saturated heterocycles. The quantitative estimate of drug-likeness (QED) is 0.710. The molecule has 0 radical (unpaired) electrons. The molecule has 0 saturated carbocycles. The van der Waals surface area contributed by atoms with Gasteiger partial charge < -0.3 is 9.47 Å². The summed E-state index contributed by atoms with van der Waals surface area (Å²) in [5.74, 6) is 0.664. The summed E-state index contributed by atoms with van der Waals surface area (Å²) in [6.45, 7) is 7.24. The Kier molecular flexibility index (Phi) is 6.98. The first-order valence-corrected chi connectivity index (χ1v) is 8.28. The van der Waals surface area contributed by atoms with Crippen molar-refractivity contribution in [1.29, 1.82) is 0 Å². The molecule has 0 aromatic heterocycles. The summed E-state index contributed by atoms with van der Waals surface area (Å²) in [5, 5.41) is 0. The molecule has 6 heteroatoms. The van der Waals surface area contributed by atoms with Gasteiger partial charge in [0.05, 0.1) is 17.6 Å². The normalized spacial score (nSPS) is 11.8. The SMILES string of the molecule is CCOc1ccc(S(=O)(=O)NCCCOC(C)C)cc1. The highest BCUT2D eigenvalue weighted by atomic mass is 32.2. The van der Waals surface area contributed by atoms with Crippen LogP contribution in [0.1, 0.15) is 27.2 Å². The minimum absolute atomic E-state index is 0.165. The first-order chi connectivity index (χ1) is 9.45. The molecule has 1 aromatic carbocycles. The fourth-order valence-electron chi connectivity index (χ4n) is 1.56. The van der Waals surface area contributed by atoms with Gasteiger partial charge in [0.15, 0.2) is 0 Å². The number of hydrogen-bond acceptors (Lipinski definition) is 4. The van der Waals surface area contributed by atoms with Crippen molar-refractivity contribution in [2.45, 2.75) is 38.2 Å². The van der Waals surface area contributed by atoms with E-state index in [1.165, 1.54) is 12.1 Å². The Morgan fingerprint density at radius 1 is 1.20 bits per heavy atom. The highest BCUT2D eigenvalue weighted by Crippen LogP contribution is 2.15. The maximum absolute atomic E-state index is 12.0. The van der Waals surface area contributed by atoms with E-state index in [0.717, 1.165) is 0 Å². The smallest absolute Gasteiger partial charge is 0.240 e. The number of hydrogen-bond donors (Lipinski definition) is 1. The van der Waals surface area contributed by atoms with Crippen LogP contribution in [0.15, 0.2) is 29.2 Å². The zero-order valence-electron chi connectivity index (χ0n) is 12.3. The van der Waals surface area contributed by atoms with Crippen LogP contribution >= 0.6 is 0 Å². The molecule has 5 nitrogen and oxygen atoms in total. The summed E-state index contributed by atoms with van der Waals surface area (Å²) >= 11 is 0. The monoisotopic (exact) mass is 301 g/mol. The third-order valence-electron chi connectivity index (χ3n) is 2.51. The highest BCUT2D eigenvalue weighted by Gasteiger charge is 2.13. The zero-order chi connectivity index (χ0) is 15.0. The second kappa shape index (κ2) is 8.24. The minimum Gasteiger partial charge on any atom is -0.494 e. The molecule has 0 aliphatic heterocycles. The first kappa shape index (κ1) is 16.9. The summed E-state index contributed by atoms with van der Waals surface area (Å²) in [4.78, 5) is 0.241. The van der Waals surface area contributed by atoms with Gasteiger partial charge in [-0.15, -0.1) is 0 Å². The number of sulfonamides is 1. The fourth-order valence-corrected chi connectivity index (χ4v) is 2.64. The number of nitrogens with one attached hydrogen (secondary N) is 1. The van der Waals surface area contributed by atoms with Crippen LogP contribution in [0.2, 0.25) is 0 Å². The standard InChI is InChI=1S/C14H23NO4S/c1-4-18-13-6-8-14(9-7-13)20(16,17)15-10-5-11-19-12(2)3/h6-9,12,15H,4-5,10-11H2,1-3H3. The van der Waals surface area contributed by atoms with Crippen LogP contribution in [0.3, 0.4) is 0 Å². The van der Waals surface area contributed by atoms with Gasteiger partial charge in [-0.2, -0.15) is 0 Å². The van der Waals surface area contributed by atoms with E-state index in [9.17, 15) is 8.42 Å². The van der Waals surface area contributed by atoms with E-state index in [1.807, 2.05) is 20.8 Å². The van der Waals surface area contributed by atoms with Crippen LogP contribution in [0.5, 0.6) is 5.75 Å². The average Bonchev–Trinajstić information content (AvgIpc) is 2.39. The lowest BCUT2D eigenvalue weighted by Gasteiger charge is -2.09. The number of rotatable bonds is 9. The molecular formula is C14H23NO4S. The Balaban J connectivity index is 2.47. The van der Waals surface area contributed by atoms with Gasteiger partial charge in [-0.05, 0) is 51.5 Å². The molecule has 0 atom stereocenters. The maximum atomic E-state index is 12.0. The van der Waals surface area contributed by atoms with E-state index in [-0.39, 0.29) is 11.0 Å². The molecule has 0 amide bonds. The van der Waals surface area contributed by atoms with Gasteiger partial charge in [0, 0.05) is 13.2 Å². The van der Waals surface area contributed by atoms with E-state index in [2.05, 4.69) is 4.72 Å². The molecule has 0 fully saturated rings. The molecule has 0 spiro atoms.